The van der Waals surface area contributed by atoms with Crippen LogP contribution in [0.1, 0.15) is 64.3 Å². The van der Waals surface area contributed by atoms with Crippen molar-refractivity contribution in [1.29, 1.82) is 0 Å². The Kier molecular flexibility index (Phi) is 6.57. The molecule has 0 spiro atoms. The summed E-state index contributed by atoms with van der Waals surface area (Å²) in [5.74, 6) is 0.320. The van der Waals surface area contributed by atoms with Crippen molar-refractivity contribution in [1.82, 2.24) is 0 Å². The van der Waals surface area contributed by atoms with E-state index in [0.717, 1.165) is 42.5 Å². The van der Waals surface area contributed by atoms with Crippen LogP contribution < -0.4 is 20.5 Å². The molecule has 1 aromatic carbocycles. The molecule has 0 atom stereocenters. The van der Waals surface area contributed by atoms with Crippen molar-refractivity contribution in [2.24, 2.45) is 5.73 Å². The molecule has 28 heavy (non-hydrogen) atoms. The second-order valence-electron chi connectivity index (χ2n) is 6.65. The number of nitrogens with one attached hydrogen (secondary N) is 1. The van der Waals surface area contributed by atoms with Gasteiger partial charge < -0.3 is 20.5 Å². The maximum Gasteiger partial charge on any atom is 0.256 e. The highest BCUT2D eigenvalue weighted by Crippen LogP contribution is 2.37. The molecule has 0 unspecified atom stereocenters. The van der Waals surface area contributed by atoms with E-state index in [9.17, 15) is 9.59 Å². The maximum absolute atomic E-state index is 12.9. The third kappa shape index (κ3) is 4.47. The smallest absolute Gasteiger partial charge is 0.256 e. The minimum atomic E-state index is -0.493. The Balaban J connectivity index is 1.92. The number of aryl methyl sites for hydroxylation is 1. The van der Waals surface area contributed by atoms with Gasteiger partial charge in [0.05, 0.1) is 18.8 Å². The summed E-state index contributed by atoms with van der Waals surface area (Å²) in [6, 6.07) is 5.10. The predicted molar refractivity (Wildman–Crippen MR) is 111 cm³/mol. The summed E-state index contributed by atoms with van der Waals surface area (Å²) in [7, 11) is 0. The average Bonchev–Trinajstić information content (AvgIpc) is 2.83. The molecule has 1 heterocycles. The number of anilines is 1. The molecule has 0 saturated carbocycles. The molecule has 0 bridgehead atoms. The first-order chi connectivity index (χ1) is 13.5. The number of nitrogens with two attached hydrogens (primary N) is 1. The molecule has 1 aliphatic rings. The fraction of sp³-hybridized carbons (Fsp3) is 0.429. The maximum atomic E-state index is 12.9. The lowest BCUT2D eigenvalue weighted by molar-refractivity contribution is 0.100. The van der Waals surface area contributed by atoms with Crippen LogP contribution in [0.25, 0.3) is 0 Å². The van der Waals surface area contributed by atoms with Crippen LogP contribution in [0.15, 0.2) is 18.2 Å². The van der Waals surface area contributed by atoms with Gasteiger partial charge in [0.1, 0.15) is 16.5 Å². The van der Waals surface area contributed by atoms with Crippen LogP contribution in [-0.2, 0) is 12.8 Å². The van der Waals surface area contributed by atoms with Crippen molar-refractivity contribution >= 4 is 28.2 Å². The van der Waals surface area contributed by atoms with E-state index in [1.165, 1.54) is 11.3 Å². The molecule has 1 aliphatic carbocycles. The third-order valence-corrected chi connectivity index (χ3v) is 5.87. The molecular weight excluding hydrogens is 376 g/mol. The predicted octanol–water partition coefficient (Wildman–Crippen LogP) is 4.17. The van der Waals surface area contributed by atoms with Crippen LogP contribution in [0.4, 0.5) is 5.00 Å². The van der Waals surface area contributed by atoms with Gasteiger partial charge in [0.15, 0.2) is 0 Å². The molecule has 3 rings (SSSR count). The molecular formula is C21H26N2O4S. The Morgan fingerprint density at radius 2 is 1.68 bits per heavy atom. The third-order valence-electron chi connectivity index (χ3n) is 4.66. The summed E-state index contributed by atoms with van der Waals surface area (Å²) >= 11 is 1.46. The number of fused-ring (bicyclic) bond motifs is 1. The fourth-order valence-corrected chi connectivity index (χ4v) is 4.76. The van der Waals surface area contributed by atoms with Crippen molar-refractivity contribution < 1.29 is 19.1 Å². The van der Waals surface area contributed by atoms with Gasteiger partial charge in [0, 0.05) is 16.5 Å². The number of carbonyl (C=O) groups excluding carboxylic acids is 2. The van der Waals surface area contributed by atoms with Gasteiger partial charge in [0.25, 0.3) is 11.8 Å². The number of amides is 2. The van der Waals surface area contributed by atoms with Crippen LogP contribution >= 0.6 is 11.3 Å². The van der Waals surface area contributed by atoms with E-state index < -0.39 is 5.91 Å². The summed E-state index contributed by atoms with van der Waals surface area (Å²) < 4.78 is 11.1. The molecule has 150 valence electrons. The number of ether oxygens (including phenoxy) is 2. The highest BCUT2D eigenvalue weighted by molar-refractivity contribution is 7.17. The van der Waals surface area contributed by atoms with E-state index in [1.54, 1.807) is 18.2 Å². The van der Waals surface area contributed by atoms with E-state index in [4.69, 9.17) is 15.2 Å². The lowest BCUT2D eigenvalue weighted by atomic mass is 10.1. The van der Waals surface area contributed by atoms with Gasteiger partial charge in [0.2, 0.25) is 0 Å². The number of benzene rings is 1. The minimum Gasteiger partial charge on any atom is -0.494 e. The lowest BCUT2D eigenvalue weighted by Gasteiger charge is -2.11. The minimum absolute atomic E-state index is 0.318. The Morgan fingerprint density at radius 3 is 2.29 bits per heavy atom. The van der Waals surface area contributed by atoms with Crippen LogP contribution in [0, 0.1) is 0 Å². The van der Waals surface area contributed by atoms with Gasteiger partial charge in [-0.1, -0.05) is 6.42 Å². The Morgan fingerprint density at radius 1 is 1.04 bits per heavy atom. The van der Waals surface area contributed by atoms with E-state index in [2.05, 4.69) is 5.32 Å². The number of thiophene rings is 1. The topological polar surface area (TPSA) is 90.7 Å². The van der Waals surface area contributed by atoms with Gasteiger partial charge in [-0.25, -0.2) is 0 Å². The molecule has 7 heteroatoms. The summed E-state index contributed by atoms with van der Waals surface area (Å²) in [5, 5.41) is 3.42. The number of primary amides is 1. The first kappa shape index (κ1) is 20.2. The number of carbonyl (C=O) groups is 2. The number of hydrogen-bond donors (Lipinski definition) is 2. The zero-order chi connectivity index (χ0) is 20.1. The summed E-state index contributed by atoms with van der Waals surface area (Å²) in [5.41, 5.74) is 7.53. The molecule has 3 N–H and O–H groups in total. The standard InChI is InChI=1S/C21H26N2O4S/c1-3-26-14-10-13(11-15(12-14)27-4-2)20(25)23-21-18(19(22)24)16-8-6-5-7-9-17(16)28-21/h10-12H,3-9H2,1-2H3,(H2,22,24)(H,23,25). The first-order valence-electron chi connectivity index (χ1n) is 9.69. The molecule has 0 radical (unpaired) electrons. The van der Waals surface area contributed by atoms with Crippen molar-refractivity contribution in [2.75, 3.05) is 18.5 Å². The highest BCUT2D eigenvalue weighted by atomic mass is 32.1. The molecule has 0 fully saturated rings. The van der Waals surface area contributed by atoms with Crippen LogP contribution in [-0.4, -0.2) is 25.0 Å². The molecule has 6 nitrogen and oxygen atoms in total. The number of rotatable bonds is 7. The quantitative estimate of drug-likeness (QED) is 0.680. The van der Waals surface area contributed by atoms with Crippen molar-refractivity contribution in [3.8, 4) is 11.5 Å². The molecule has 0 aliphatic heterocycles. The van der Waals surface area contributed by atoms with Gasteiger partial charge in [-0.15, -0.1) is 11.3 Å². The Hall–Kier alpha value is -2.54. The Bertz CT molecular complexity index is 851. The molecule has 2 amide bonds. The normalized spacial score (nSPS) is 13.4. The first-order valence-corrected chi connectivity index (χ1v) is 10.5. The average molecular weight is 403 g/mol. The van der Waals surface area contributed by atoms with Crippen LogP contribution in [0.5, 0.6) is 11.5 Å². The summed E-state index contributed by atoms with van der Waals surface area (Å²) in [6.07, 6.45) is 5.02. The molecule has 0 saturated heterocycles. The van der Waals surface area contributed by atoms with E-state index in [0.29, 0.717) is 40.8 Å². The monoisotopic (exact) mass is 402 g/mol. The van der Waals surface area contributed by atoms with Gasteiger partial charge >= 0.3 is 0 Å². The molecule has 1 aromatic heterocycles. The summed E-state index contributed by atoms with van der Waals surface area (Å²) in [4.78, 5) is 26.2. The highest BCUT2D eigenvalue weighted by Gasteiger charge is 2.24. The van der Waals surface area contributed by atoms with Gasteiger partial charge in [-0.2, -0.15) is 0 Å². The van der Waals surface area contributed by atoms with E-state index in [-0.39, 0.29) is 5.91 Å². The second kappa shape index (κ2) is 9.10. The summed E-state index contributed by atoms with van der Waals surface area (Å²) in [6.45, 7) is 4.73. The zero-order valence-corrected chi connectivity index (χ0v) is 17.1. The van der Waals surface area contributed by atoms with Crippen molar-refractivity contribution in [2.45, 2.75) is 46.0 Å². The van der Waals surface area contributed by atoms with Crippen molar-refractivity contribution in [3.05, 3.63) is 39.8 Å². The fourth-order valence-electron chi connectivity index (χ4n) is 3.47. The van der Waals surface area contributed by atoms with Crippen LogP contribution in [0.3, 0.4) is 0 Å². The SMILES string of the molecule is CCOc1cc(OCC)cc(C(=O)Nc2sc3c(c2C(N)=O)CCCCC3)c1. The zero-order valence-electron chi connectivity index (χ0n) is 16.3. The van der Waals surface area contributed by atoms with E-state index >= 15 is 0 Å². The number of hydrogen-bond acceptors (Lipinski definition) is 5. The second-order valence-corrected chi connectivity index (χ2v) is 7.75. The van der Waals surface area contributed by atoms with Gasteiger partial charge in [-0.3, -0.25) is 9.59 Å². The largest absolute Gasteiger partial charge is 0.494 e. The van der Waals surface area contributed by atoms with Crippen molar-refractivity contribution in [3.63, 3.8) is 0 Å². The lowest BCUT2D eigenvalue weighted by Crippen LogP contribution is -2.18. The van der Waals surface area contributed by atoms with E-state index in [1.807, 2.05) is 13.8 Å². The Labute approximate surface area is 169 Å². The van der Waals surface area contributed by atoms with Gasteiger partial charge in [-0.05, 0) is 57.2 Å². The van der Waals surface area contributed by atoms with Crippen LogP contribution in [0.2, 0.25) is 0 Å². The molecule has 2 aromatic rings.